The Hall–Kier alpha value is -1.97. The fraction of sp³-hybridized carbons (Fsp3) is 0.182. The Bertz CT molecular complexity index is 451. The van der Waals surface area contributed by atoms with Crippen molar-refractivity contribution in [2.75, 3.05) is 5.73 Å². The molecule has 1 heterocycles. The van der Waals surface area contributed by atoms with Gasteiger partial charge in [0.15, 0.2) is 0 Å². The van der Waals surface area contributed by atoms with Crippen LogP contribution in [0.5, 0.6) is 5.75 Å². The van der Waals surface area contributed by atoms with Crippen LogP contribution < -0.4 is 10.5 Å². The molecule has 1 aromatic carbocycles. The molecule has 0 bridgehead atoms. The van der Waals surface area contributed by atoms with Crippen LogP contribution in [0.25, 0.3) is 0 Å². The Labute approximate surface area is 88.3 Å². The zero-order chi connectivity index (χ0) is 10.7. The standard InChI is InChI=1S/C11H13N3O/c1-14-6-5-13-11(14)8-15-10-4-2-3-9(12)7-10/h2-7H,8,12H2,1H3. The van der Waals surface area contributed by atoms with Crippen LogP contribution in [0.2, 0.25) is 0 Å². The van der Waals surface area contributed by atoms with E-state index in [2.05, 4.69) is 4.98 Å². The molecule has 2 rings (SSSR count). The summed E-state index contributed by atoms with van der Waals surface area (Å²) in [6.07, 6.45) is 3.64. The second kappa shape index (κ2) is 4.04. The predicted octanol–water partition coefficient (Wildman–Crippen LogP) is 1.58. The number of nitrogen functional groups attached to an aromatic ring is 1. The molecule has 0 aliphatic carbocycles. The minimum absolute atomic E-state index is 0.451. The van der Waals surface area contributed by atoms with E-state index in [1.165, 1.54) is 0 Å². The van der Waals surface area contributed by atoms with Crippen LogP contribution in [0.3, 0.4) is 0 Å². The van der Waals surface area contributed by atoms with Gasteiger partial charge in [-0.15, -0.1) is 0 Å². The van der Waals surface area contributed by atoms with Crippen LogP contribution in [0.15, 0.2) is 36.7 Å². The highest BCUT2D eigenvalue weighted by atomic mass is 16.5. The third-order valence-electron chi connectivity index (χ3n) is 2.15. The summed E-state index contributed by atoms with van der Waals surface area (Å²) in [6, 6.07) is 7.36. The first kappa shape index (κ1) is 9.58. The summed E-state index contributed by atoms with van der Waals surface area (Å²) >= 11 is 0. The number of nitrogens with two attached hydrogens (primary N) is 1. The van der Waals surface area contributed by atoms with Crippen LogP contribution >= 0.6 is 0 Å². The monoisotopic (exact) mass is 203 g/mol. The molecule has 0 aliphatic heterocycles. The Morgan fingerprint density at radius 1 is 1.47 bits per heavy atom. The van der Waals surface area contributed by atoms with Gasteiger partial charge in [-0.05, 0) is 12.1 Å². The second-order valence-electron chi connectivity index (χ2n) is 3.32. The van der Waals surface area contributed by atoms with Crippen LogP contribution in [-0.2, 0) is 13.7 Å². The van der Waals surface area contributed by atoms with Gasteiger partial charge in [0.25, 0.3) is 0 Å². The Balaban J connectivity index is 2.02. The number of ether oxygens (including phenoxy) is 1. The van der Waals surface area contributed by atoms with Gasteiger partial charge >= 0.3 is 0 Å². The van der Waals surface area contributed by atoms with Gasteiger partial charge in [-0.3, -0.25) is 0 Å². The number of rotatable bonds is 3. The molecule has 0 saturated carbocycles. The molecule has 78 valence electrons. The molecule has 2 aromatic rings. The van der Waals surface area contributed by atoms with E-state index in [4.69, 9.17) is 10.5 Å². The second-order valence-corrected chi connectivity index (χ2v) is 3.32. The molecule has 15 heavy (non-hydrogen) atoms. The number of hydrogen-bond acceptors (Lipinski definition) is 3. The lowest BCUT2D eigenvalue weighted by Gasteiger charge is -2.06. The van der Waals surface area contributed by atoms with Gasteiger partial charge in [-0.2, -0.15) is 0 Å². The maximum atomic E-state index is 5.64. The third kappa shape index (κ3) is 2.28. The van der Waals surface area contributed by atoms with Crippen molar-refractivity contribution < 1.29 is 4.74 Å². The topological polar surface area (TPSA) is 53.1 Å². The zero-order valence-electron chi connectivity index (χ0n) is 8.55. The molecule has 0 aliphatic rings. The van der Waals surface area contributed by atoms with Crippen molar-refractivity contribution in [3.05, 3.63) is 42.5 Å². The molecular formula is C11H13N3O. The van der Waals surface area contributed by atoms with E-state index >= 15 is 0 Å². The van der Waals surface area contributed by atoms with Crippen molar-refractivity contribution in [2.45, 2.75) is 6.61 Å². The van der Waals surface area contributed by atoms with Gasteiger partial charge < -0.3 is 15.0 Å². The Morgan fingerprint density at radius 2 is 2.33 bits per heavy atom. The number of benzene rings is 1. The maximum Gasteiger partial charge on any atom is 0.146 e. The predicted molar refractivity (Wildman–Crippen MR) is 58.4 cm³/mol. The molecule has 0 saturated heterocycles. The van der Waals surface area contributed by atoms with Crippen LogP contribution in [-0.4, -0.2) is 9.55 Å². The van der Waals surface area contributed by atoms with Crippen molar-refractivity contribution in [2.24, 2.45) is 7.05 Å². The van der Waals surface area contributed by atoms with E-state index in [-0.39, 0.29) is 0 Å². The maximum absolute atomic E-state index is 5.64. The Morgan fingerprint density at radius 3 is 3.00 bits per heavy atom. The molecule has 0 amide bonds. The summed E-state index contributed by atoms with van der Waals surface area (Å²) in [4.78, 5) is 4.16. The molecule has 1 aromatic heterocycles. The molecule has 0 spiro atoms. The summed E-state index contributed by atoms with van der Waals surface area (Å²) in [5, 5.41) is 0. The lowest BCUT2D eigenvalue weighted by Crippen LogP contribution is -2.03. The fourth-order valence-corrected chi connectivity index (χ4v) is 1.29. The summed E-state index contributed by atoms with van der Waals surface area (Å²) < 4.78 is 7.47. The van der Waals surface area contributed by atoms with Gasteiger partial charge in [0.1, 0.15) is 18.2 Å². The minimum atomic E-state index is 0.451. The highest BCUT2D eigenvalue weighted by molar-refractivity contribution is 5.43. The van der Waals surface area contributed by atoms with E-state index in [1.807, 2.05) is 36.0 Å². The molecule has 2 N–H and O–H groups in total. The summed E-state index contributed by atoms with van der Waals surface area (Å²) in [5.41, 5.74) is 6.34. The number of imidazole rings is 1. The summed E-state index contributed by atoms with van der Waals surface area (Å²) in [5.74, 6) is 1.65. The summed E-state index contributed by atoms with van der Waals surface area (Å²) in [6.45, 7) is 0.451. The van der Waals surface area contributed by atoms with Gasteiger partial charge in [-0.25, -0.2) is 4.98 Å². The van der Waals surface area contributed by atoms with E-state index in [9.17, 15) is 0 Å². The number of aromatic nitrogens is 2. The normalized spacial score (nSPS) is 10.2. The smallest absolute Gasteiger partial charge is 0.146 e. The zero-order valence-corrected chi connectivity index (χ0v) is 8.55. The number of aryl methyl sites for hydroxylation is 1. The molecule has 4 heteroatoms. The lowest BCUT2D eigenvalue weighted by atomic mass is 10.3. The highest BCUT2D eigenvalue weighted by Gasteiger charge is 2.00. The van der Waals surface area contributed by atoms with Crippen molar-refractivity contribution in [3.8, 4) is 5.75 Å². The van der Waals surface area contributed by atoms with Gasteiger partial charge in [-0.1, -0.05) is 6.07 Å². The summed E-state index contributed by atoms with van der Waals surface area (Å²) in [7, 11) is 1.94. The van der Waals surface area contributed by atoms with Crippen molar-refractivity contribution in [1.29, 1.82) is 0 Å². The van der Waals surface area contributed by atoms with E-state index in [0.29, 0.717) is 12.3 Å². The number of anilines is 1. The van der Waals surface area contributed by atoms with Crippen molar-refractivity contribution in [3.63, 3.8) is 0 Å². The molecule has 0 fully saturated rings. The van der Waals surface area contributed by atoms with Gasteiger partial charge in [0.05, 0.1) is 0 Å². The quantitative estimate of drug-likeness (QED) is 0.770. The molecule has 4 nitrogen and oxygen atoms in total. The molecule has 0 unspecified atom stereocenters. The fourth-order valence-electron chi connectivity index (χ4n) is 1.29. The van der Waals surface area contributed by atoms with E-state index in [0.717, 1.165) is 11.6 Å². The molecular weight excluding hydrogens is 190 g/mol. The largest absolute Gasteiger partial charge is 0.486 e. The number of nitrogens with zero attached hydrogens (tertiary/aromatic N) is 2. The Kier molecular flexibility index (Phi) is 2.58. The average molecular weight is 203 g/mol. The van der Waals surface area contributed by atoms with Crippen molar-refractivity contribution in [1.82, 2.24) is 9.55 Å². The van der Waals surface area contributed by atoms with Gasteiger partial charge in [0.2, 0.25) is 0 Å². The average Bonchev–Trinajstić information content (AvgIpc) is 2.61. The highest BCUT2D eigenvalue weighted by Crippen LogP contribution is 2.15. The molecule has 0 radical (unpaired) electrons. The third-order valence-corrected chi connectivity index (χ3v) is 2.15. The number of hydrogen-bond donors (Lipinski definition) is 1. The molecule has 0 atom stereocenters. The van der Waals surface area contributed by atoms with Crippen LogP contribution in [0, 0.1) is 0 Å². The van der Waals surface area contributed by atoms with Crippen LogP contribution in [0.4, 0.5) is 5.69 Å². The first-order valence-electron chi connectivity index (χ1n) is 4.70. The van der Waals surface area contributed by atoms with Crippen molar-refractivity contribution >= 4 is 5.69 Å². The van der Waals surface area contributed by atoms with E-state index < -0.39 is 0 Å². The SMILES string of the molecule is Cn1ccnc1COc1cccc(N)c1. The van der Waals surface area contributed by atoms with Gasteiger partial charge in [0, 0.05) is 31.2 Å². The lowest BCUT2D eigenvalue weighted by molar-refractivity contribution is 0.292. The first-order valence-corrected chi connectivity index (χ1v) is 4.70. The van der Waals surface area contributed by atoms with E-state index in [1.54, 1.807) is 12.3 Å². The minimum Gasteiger partial charge on any atom is -0.486 e. The van der Waals surface area contributed by atoms with Crippen LogP contribution in [0.1, 0.15) is 5.82 Å². The first-order chi connectivity index (χ1) is 7.25.